The summed E-state index contributed by atoms with van der Waals surface area (Å²) in [5.41, 5.74) is 3.11. The predicted octanol–water partition coefficient (Wildman–Crippen LogP) is 5.32. The molecule has 0 saturated heterocycles. The van der Waals surface area contributed by atoms with Crippen LogP contribution >= 0.6 is 0 Å². The number of rotatable bonds is 4. The van der Waals surface area contributed by atoms with E-state index in [4.69, 9.17) is 0 Å². The van der Waals surface area contributed by atoms with Crippen LogP contribution in [-0.4, -0.2) is 0 Å². The molecular weight excluding hydrogens is 254 g/mol. The molecule has 0 aliphatic carbocycles. The zero-order valence-corrected chi connectivity index (χ0v) is 12.3. The SMILES string of the molecule is CCc1c(F)c(CC)c(-c2ccccc2)c(CC)c1F. The largest absolute Gasteiger partial charge is 0.206 e. The van der Waals surface area contributed by atoms with Gasteiger partial charge in [-0.25, -0.2) is 8.78 Å². The first kappa shape index (κ1) is 14.7. The lowest BCUT2D eigenvalue weighted by atomic mass is 9.88. The van der Waals surface area contributed by atoms with Crippen LogP contribution in [0.2, 0.25) is 0 Å². The normalized spacial score (nSPS) is 10.8. The van der Waals surface area contributed by atoms with E-state index in [9.17, 15) is 8.78 Å². The van der Waals surface area contributed by atoms with E-state index in [0.717, 1.165) is 11.1 Å². The van der Waals surface area contributed by atoms with Crippen LogP contribution in [0.15, 0.2) is 30.3 Å². The lowest BCUT2D eigenvalue weighted by molar-refractivity contribution is 0.542. The molecule has 106 valence electrons. The number of hydrogen-bond acceptors (Lipinski definition) is 0. The molecule has 0 nitrogen and oxygen atoms in total. The summed E-state index contributed by atoms with van der Waals surface area (Å²) in [7, 11) is 0. The number of benzene rings is 2. The molecule has 2 rings (SSSR count). The number of halogens is 2. The molecule has 20 heavy (non-hydrogen) atoms. The van der Waals surface area contributed by atoms with Crippen LogP contribution < -0.4 is 0 Å². The average molecular weight is 274 g/mol. The highest BCUT2D eigenvalue weighted by molar-refractivity contribution is 5.72. The van der Waals surface area contributed by atoms with Crippen molar-refractivity contribution in [2.24, 2.45) is 0 Å². The quantitative estimate of drug-likeness (QED) is 0.708. The number of hydrogen-bond donors (Lipinski definition) is 0. The van der Waals surface area contributed by atoms with Crippen LogP contribution in [0.1, 0.15) is 37.5 Å². The van der Waals surface area contributed by atoms with E-state index in [-0.39, 0.29) is 17.2 Å². The zero-order chi connectivity index (χ0) is 14.7. The lowest BCUT2D eigenvalue weighted by Crippen LogP contribution is -2.07. The van der Waals surface area contributed by atoms with Gasteiger partial charge in [-0.05, 0) is 41.5 Å². The van der Waals surface area contributed by atoms with Crippen LogP contribution in [0.25, 0.3) is 11.1 Å². The van der Waals surface area contributed by atoms with Crippen LogP contribution in [-0.2, 0) is 19.3 Å². The molecule has 0 spiro atoms. The van der Waals surface area contributed by atoms with Crippen molar-refractivity contribution in [3.8, 4) is 11.1 Å². The van der Waals surface area contributed by atoms with Gasteiger partial charge >= 0.3 is 0 Å². The topological polar surface area (TPSA) is 0 Å². The van der Waals surface area contributed by atoms with E-state index in [1.807, 2.05) is 44.2 Å². The first-order chi connectivity index (χ1) is 9.65. The molecule has 0 aliphatic rings. The van der Waals surface area contributed by atoms with Crippen molar-refractivity contribution >= 4 is 0 Å². The molecule has 0 aliphatic heterocycles. The van der Waals surface area contributed by atoms with E-state index in [1.54, 1.807) is 6.92 Å². The van der Waals surface area contributed by atoms with Crippen LogP contribution in [0, 0.1) is 11.6 Å². The van der Waals surface area contributed by atoms with Crippen molar-refractivity contribution in [2.45, 2.75) is 40.0 Å². The van der Waals surface area contributed by atoms with Crippen LogP contribution in [0.3, 0.4) is 0 Å². The Morgan fingerprint density at radius 1 is 0.700 bits per heavy atom. The van der Waals surface area contributed by atoms with Gasteiger partial charge in [0.05, 0.1) is 0 Å². The fraction of sp³-hybridized carbons (Fsp3) is 0.333. The molecule has 2 aromatic carbocycles. The highest BCUT2D eigenvalue weighted by Gasteiger charge is 2.22. The Balaban J connectivity index is 2.85. The summed E-state index contributed by atoms with van der Waals surface area (Å²) in [6.07, 6.45) is 1.51. The van der Waals surface area contributed by atoms with Crippen molar-refractivity contribution in [3.05, 3.63) is 58.7 Å². The summed E-state index contributed by atoms with van der Waals surface area (Å²) >= 11 is 0. The summed E-state index contributed by atoms with van der Waals surface area (Å²) in [6, 6.07) is 9.54. The Morgan fingerprint density at radius 2 is 1.15 bits per heavy atom. The predicted molar refractivity (Wildman–Crippen MR) is 79.9 cm³/mol. The molecule has 0 aromatic heterocycles. The molecule has 0 unspecified atom stereocenters. The van der Waals surface area contributed by atoms with Crippen molar-refractivity contribution in [1.29, 1.82) is 0 Å². The van der Waals surface area contributed by atoms with Crippen molar-refractivity contribution < 1.29 is 8.78 Å². The molecule has 0 amide bonds. The lowest BCUT2D eigenvalue weighted by Gasteiger charge is -2.18. The summed E-state index contributed by atoms with van der Waals surface area (Å²) in [5.74, 6) is -0.743. The second kappa shape index (κ2) is 6.17. The molecule has 0 N–H and O–H groups in total. The van der Waals surface area contributed by atoms with Crippen molar-refractivity contribution in [2.75, 3.05) is 0 Å². The van der Waals surface area contributed by atoms with Gasteiger partial charge in [-0.1, -0.05) is 51.1 Å². The van der Waals surface area contributed by atoms with Gasteiger partial charge in [-0.15, -0.1) is 0 Å². The average Bonchev–Trinajstić information content (AvgIpc) is 2.48. The standard InChI is InChI=1S/C18H20F2/c1-4-13-16(12-10-8-7-9-11-12)14(5-2)18(20)15(6-3)17(13)19/h7-11H,4-6H2,1-3H3. The van der Waals surface area contributed by atoms with Gasteiger partial charge in [-0.2, -0.15) is 0 Å². The van der Waals surface area contributed by atoms with Gasteiger partial charge < -0.3 is 0 Å². The van der Waals surface area contributed by atoms with Crippen LogP contribution in [0.5, 0.6) is 0 Å². The fourth-order valence-corrected chi connectivity index (χ4v) is 2.79. The Hall–Kier alpha value is -1.70. The van der Waals surface area contributed by atoms with E-state index in [1.165, 1.54) is 0 Å². The smallest absolute Gasteiger partial charge is 0.133 e. The van der Waals surface area contributed by atoms with Gasteiger partial charge in [0, 0.05) is 5.56 Å². The highest BCUT2D eigenvalue weighted by Crippen LogP contribution is 2.35. The summed E-state index contributed by atoms with van der Waals surface area (Å²) in [4.78, 5) is 0. The summed E-state index contributed by atoms with van der Waals surface area (Å²) < 4.78 is 29.1. The zero-order valence-electron chi connectivity index (χ0n) is 12.3. The third-order valence-electron chi connectivity index (χ3n) is 3.79. The molecular formula is C18H20F2. The van der Waals surface area contributed by atoms with Gasteiger partial charge in [0.25, 0.3) is 0 Å². The third kappa shape index (κ3) is 2.35. The first-order valence-corrected chi connectivity index (χ1v) is 7.22. The van der Waals surface area contributed by atoms with E-state index in [0.29, 0.717) is 30.4 Å². The van der Waals surface area contributed by atoms with Gasteiger partial charge in [-0.3, -0.25) is 0 Å². The Morgan fingerprint density at radius 3 is 1.55 bits per heavy atom. The van der Waals surface area contributed by atoms with E-state index in [2.05, 4.69) is 0 Å². The minimum atomic E-state index is -0.372. The second-order valence-electron chi connectivity index (χ2n) is 4.87. The van der Waals surface area contributed by atoms with Gasteiger partial charge in [0.2, 0.25) is 0 Å². The van der Waals surface area contributed by atoms with E-state index >= 15 is 0 Å². The summed E-state index contributed by atoms with van der Waals surface area (Å²) in [5, 5.41) is 0. The molecule has 0 atom stereocenters. The van der Waals surface area contributed by atoms with Crippen molar-refractivity contribution in [1.82, 2.24) is 0 Å². The van der Waals surface area contributed by atoms with Crippen LogP contribution in [0.4, 0.5) is 8.78 Å². The Kier molecular flexibility index (Phi) is 4.53. The van der Waals surface area contributed by atoms with Gasteiger partial charge in [0.1, 0.15) is 11.6 Å². The molecule has 0 radical (unpaired) electrons. The third-order valence-corrected chi connectivity index (χ3v) is 3.79. The van der Waals surface area contributed by atoms with Gasteiger partial charge in [0.15, 0.2) is 0 Å². The molecule has 2 aromatic rings. The maximum atomic E-state index is 14.6. The molecule has 0 fully saturated rings. The Labute approximate surface area is 119 Å². The fourth-order valence-electron chi connectivity index (χ4n) is 2.79. The molecule has 0 bridgehead atoms. The Bertz CT molecular complexity index is 570. The second-order valence-corrected chi connectivity index (χ2v) is 4.87. The summed E-state index contributed by atoms with van der Waals surface area (Å²) in [6.45, 7) is 5.63. The molecule has 0 heterocycles. The first-order valence-electron chi connectivity index (χ1n) is 7.22. The minimum absolute atomic E-state index is 0.221. The monoisotopic (exact) mass is 274 g/mol. The maximum absolute atomic E-state index is 14.6. The minimum Gasteiger partial charge on any atom is -0.206 e. The molecule has 2 heteroatoms. The molecule has 0 saturated carbocycles. The van der Waals surface area contributed by atoms with E-state index < -0.39 is 0 Å². The van der Waals surface area contributed by atoms with Crippen molar-refractivity contribution in [3.63, 3.8) is 0 Å². The highest BCUT2D eigenvalue weighted by atomic mass is 19.1. The maximum Gasteiger partial charge on any atom is 0.133 e.